The van der Waals surface area contributed by atoms with Gasteiger partial charge in [-0.2, -0.15) is 0 Å². The largest absolute Gasteiger partial charge is 0.379 e. The second kappa shape index (κ2) is 6.92. The molecular formula is C11H16N2O3. The Hall–Kier alpha value is -1.46. The lowest BCUT2D eigenvalue weighted by Gasteiger charge is -2.10. The van der Waals surface area contributed by atoms with Crippen LogP contribution in [0, 0.1) is 17.0 Å². The second-order valence-electron chi connectivity index (χ2n) is 3.41. The molecule has 0 amide bonds. The molecule has 1 fully saturated rings. The van der Waals surface area contributed by atoms with Gasteiger partial charge in [-0.25, -0.2) is 0 Å². The molecule has 1 aliphatic heterocycles. The van der Waals surface area contributed by atoms with E-state index in [4.69, 9.17) is 4.74 Å². The third-order valence-corrected chi connectivity index (χ3v) is 2.16. The maximum absolute atomic E-state index is 10.2. The first-order valence-electron chi connectivity index (χ1n) is 5.20. The minimum atomic E-state index is -0.380. The van der Waals surface area contributed by atoms with Gasteiger partial charge in [0.2, 0.25) is 0 Å². The van der Waals surface area contributed by atoms with Crippen LogP contribution in [-0.2, 0) is 4.74 Å². The standard InChI is InChI=1S/C7H7NO2.C4H9NO/c1-6-4-2-3-5-7(6)8(9)10;1-3-6-4-2-5-1/h2-5H,1H3;5H,1-4H2. The highest BCUT2D eigenvalue weighted by atomic mass is 16.6. The molecule has 0 spiro atoms. The fourth-order valence-corrected chi connectivity index (χ4v) is 1.28. The lowest BCUT2D eigenvalue weighted by molar-refractivity contribution is -0.385. The Labute approximate surface area is 94.6 Å². The van der Waals surface area contributed by atoms with Gasteiger partial charge in [0.15, 0.2) is 0 Å². The normalized spacial score (nSPS) is 14.8. The summed E-state index contributed by atoms with van der Waals surface area (Å²) in [6.45, 7) is 5.55. The summed E-state index contributed by atoms with van der Waals surface area (Å²) in [4.78, 5) is 9.85. The van der Waals surface area contributed by atoms with Crippen molar-refractivity contribution in [2.24, 2.45) is 0 Å². The summed E-state index contributed by atoms with van der Waals surface area (Å²) in [5, 5.41) is 13.4. The van der Waals surface area contributed by atoms with Crippen molar-refractivity contribution in [3.05, 3.63) is 39.9 Å². The van der Waals surface area contributed by atoms with Gasteiger partial charge in [-0.3, -0.25) is 10.1 Å². The number of morpholine rings is 1. The van der Waals surface area contributed by atoms with E-state index in [0.29, 0.717) is 5.56 Å². The Balaban J connectivity index is 0.000000181. The molecule has 0 saturated carbocycles. The molecule has 16 heavy (non-hydrogen) atoms. The van der Waals surface area contributed by atoms with Crippen molar-refractivity contribution in [1.29, 1.82) is 0 Å². The van der Waals surface area contributed by atoms with Crippen molar-refractivity contribution in [3.63, 3.8) is 0 Å². The van der Waals surface area contributed by atoms with Gasteiger partial charge < -0.3 is 10.1 Å². The smallest absolute Gasteiger partial charge is 0.272 e. The fourth-order valence-electron chi connectivity index (χ4n) is 1.28. The number of rotatable bonds is 1. The van der Waals surface area contributed by atoms with E-state index in [1.807, 2.05) is 0 Å². The molecule has 1 aromatic carbocycles. The zero-order valence-electron chi connectivity index (χ0n) is 9.31. The molecule has 88 valence electrons. The topological polar surface area (TPSA) is 64.4 Å². The summed E-state index contributed by atoms with van der Waals surface area (Å²) in [6, 6.07) is 6.65. The molecule has 1 aliphatic rings. The van der Waals surface area contributed by atoms with Crippen LogP contribution in [-0.4, -0.2) is 31.2 Å². The molecule has 5 heteroatoms. The molecule has 1 N–H and O–H groups in total. The first kappa shape index (κ1) is 12.6. The number of nitro groups is 1. The summed E-state index contributed by atoms with van der Waals surface area (Å²) in [7, 11) is 0. The quantitative estimate of drug-likeness (QED) is 0.580. The van der Waals surface area contributed by atoms with Crippen LogP contribution in [0.15, 0.2) is 24.3 Å². The fraction of sp³-hybridized carbons (Fsp3) is 0.455. The van der Waals surface area contributed by atoms with Gasteiger partial charge in [-0.15, -0.1) is 0 Å². The number of benzene rings is 1. The Morgan fingerprint density at radius 1 is 1.31 bits per heavy atom. The van der Waals surface area contributed by atoms with Crippen LogP contribution in [0.5, 0.6) is 0 Å². The molecule has 5 nitrogen and oxygen atoms in total. The lowest BCUT2D eigenvalue weighted by atomic mass is 10.2. The molecule has 1 heterocycles. The number of ether oxygens (including phenoxy) is 1. The van der Waals surface area contributed by atoms with E-state index in [-0.39, 0.29) is 10.6 Å². The SMILES string of the molecule is C1COCCN1.Cc1ccccc1[N+](=O)[O-]. The van der Waals surface area contributed by atoms with Crippen LogP contribution in [0.3, 0.4) is 0 Å². The molecule has 0 radical (unpaired) electrons. The van der Waals surface area contributed by atoms with Crippen LogP contribution >= 0.6 is 0 Å². The van der Waals surface area contributed by atoms with Gasteiger partial charge in [0.25, 0.3) is 5.69 Å². The third kappa shape index (κ3) is 4.37. The van der Waals surface area contributed by atoms with E-state index in [0.717, 1.165) is 26.3 Å². The third-order valence-electron chi connectivity index (χ3n) is 2.16. The molecule has 0 aliphatic carbocycles. The average Bonchev–Trinajstić information content (AvgIpc) is 2.32. The van der Waals surface area contributed by atoms with E-state index < -0.39 is 0 Å². The van der Waals surface area contributed by atoms with Crippen molar-refractivity contribution in [2.45, 2.75) is 6.92 Å². The maximum atomic E-state index is 10.2. The highest BCUT2D eigenvalue weighted by Gasteiger charge is 2.05. The van der Waals surface area contributed by atoms with Gasteiger partial charge >= 0.3 is 0 Å². The second-order valence-corrected chi connectivity index (χ2v) is 3.41. The summed E-state index contributed by atoms with van der Waals surface area (Å²) >= 11 is 0. The number of nitrogens with one attached hydrogen (secondary N) is 1. The van der Waals surface area contributed by atoms with Crippen molar-refractivity contribution in [1.82, 2.24) is 5.32 Å². The molecule has 0 aromatic heterocycles. The van der Waals surface area contributed by atoms with Crippen LogP contribution in [0.4, 0.5) is 5.69 Å². The number of hydrogen-bond acceptors (Lipinski definition) is 4. The first-order chi connectivity index (χ1) is 7.72. The Morgan fingerprint density at radius 3 is 2.25 bits per heavy atom. The van der Waals surface area contributed by atoms with Crippen LogP contribution in [0.25, 0.3) is 0 Å². The Morgan fingerprint density at radius 2 is 1.94 bits per heavy atom. The van der Waals surface area contributed by atoms with Crippen molar-refractivity contribution in [3.8, 4) is 0 Å². The van der Waals surface area contributed by atoms with Crippen molar-refractivity contribution in [2.75, 3.05) is 26.3 Å². The van der Waals surface area contributed by atoms with Crippen LogP contribution < -0.4 is 5.32 Å². The van der Waals surface area contributed by atoms with Crippen LogP contribution in [0.2, 0.25) is 0 Å². The van der Waals surface area contributed by atoms with Crippen LogP contribution in [0.1, 0.15) is 5.56 Å². The van der Waals surface area contributed by atoms with Crippen molar-refractivity contribution >= 4 is 5.69 Å². The van der Waals surface area contributed by atoms with E-state index in [1.165, 1.54) is 6.07 Å². The Kier molecular flexibility index (Phi) is 5.45. The van der Waals surface area contributed by atoms with E-state index in [1.54, 1.807) is 25.1 Å². The number of nitro benzene ring substituents is 1. The highest BCUT2D eigenvalue weighted by molar-refractivity contribution is 5.38. The molecule has 1 saturated heterocycles. The van der Waals surface area contributed by atoms with Crippen molar-refractivity contribution < 1.29 is 9.66 Å². The predicted octanol–water partition coefficient (Wildman–Crippen LogP) is 1.51. The number of nitrogens with zero attached hydrogens (tertiary/aromatic N) is 1. The predicted molar refractivity (Wildman–Crippen MR) is 61.5 cm³/mol. The number of aryl methyl sites for hydroxylation is 1. The highest BCUT2D eigenvalue weighted by Crippen LogP contribution is 2.14. The number of para-hydroxylation sites is 1. The first-order valence-corrected chi connectivity index (χ1v) is 5.20. The molecule has 0 unspecified atom stereocenters. The van der Waals surface area contributed by atoms with Gasteiger partial charge in [0, 0.05) is 24.7 Å². The Bertz CT molecular complexity index is 326. The van der Waals surface area contributed by atoms with Gasteiger partial charge in [-0.1, -0.05) is 18.2 Å². The van der Waals surface area contributed by atoms with Gasteiger partial charge in [0.1, 0.15) is 0 Å². The summed E-state index contributed by atoms with van der Waals surface area (Å²) in [6.07, 6.45) is 0. The lowest BCUT2D eigenvalue weighted by Crippen LogP contribution is -2.30. The summed E-state index contributed by atoms with van der Waals surface area (Å²) in [5.41, 5.74) is 0.884. The molecule has 0 bridgehead atoms. The summed E-state index contributed by atoms with van der Waals surface area (Å²) in [5.74, 6) is 0. The molecule has 1 aromatic rings. The van der Waals surface area contributed by atoms with E-state index in [9.17, 15) is 10.1 Å². The maximum Gasteiger partial charge on any atom is 0.272 e. The molecule has 0 atom stereocenters. The monoisotopic (exact) mass is 224 g/mol. The minimum Gasteiger partial charge on any atom is -0.379 e. The zero-order chi connectivity index (χ0) is 11.8. The summed E-state index contributed by atoms with van der Waals surface area (Å²) < 4.78 is 5.01. The average molecular weight is 224 g/mol. The molecular weight excluding hydrogens is 208 g/mol. The molecule has 2 rings (SSSR count). The van der Waals surface area contributed by atoms with E-state index in [2.05, 4.69) is 5.32 Å². The minimum absolute atomic E-state index is 0.183. The van der Waals surface area contributed by atoms with E-state index >= 15 is 0 Å². The van der Waals surface area contributed by atoms with Gasteiger partial charge in [-0.05, 0) is 6.92 Å². The number of hydrogen-bond donors (Lipinski definition) is 1. The zero-order valence-corrected chi connectivity index (χ0v) is 9.31. The van der Waals surface area contributed by atoms with Gasteiger partial charge in [0.05, 0.1) is 18.1 Å².